The van der Waals surface area contributed by atoms with Crippen LogP contribution in [0.3, 0.4) is 0 Å². The van der Waals surface area contributed by atoms with Crippen LogP contribution in [0.1, 0.15) is 53.6 Å². The van der Waals surface area contributed by atoms with Crippen molar-refractivity contribution in [3.05, 3.63) is 180 Å². The Morgan fingerprint density at radius 1 is 0.760 bits per heavy atom. The Labute approximate surface area is 293 Å². The number of hydrogen-bond donors (Lipinski definition) is 0. The smallest absolute Gasteiger partial charge is 0.140 e. The normalized spacial score (nSPS) is 19.8. The van der Waals surface area contributed by atoms with Gasteiger partial charge in [-0.05, 0) is 82.9 Å². The maximum Gasteiger partial charge on any atom is 0.140 e. The molecule has 9 rings (SSSR count). The molecule has 5 heteroatoms. The van der Waals surface area contributed by atoms with Crippen LogP contribution in [-0.2, 0) is 0 Å². The number of rotatable bonds is 5. The monoisotopic (exact) mass is 650 g/mol. The molecule has 3 atom stereocenters. The first-order chi connectivity index (χ1) is 24.5. The highest BCUT2D eigenvalue weighted by molar-refractivity contribution is 6.00. The van der Waals surface area contributed by atoms with Crippen molar-refractivity contribution in [2.75, 3.05) is 14.1 Å². The fourth-order valence-corrected chi connectivity index (χ4v) is 8.08. The third-order valence-electron chi connectivity index (χ3n) is 10.4. The minimum atomic E-state index is 0.0233. The van der Waals surface area contributed by atoms with E-state index in [9.17, 15) is 0 Å². The topological polar surface area (TPSA) is 45.4 Å². The van der Waals surface area contributed by atoms with E-state index in [1.165, 1.54) is 38.9 Å². The first-order valence-electron chi connectivity index (χ1n) is 17.4. The molecule has 50 heavy (non-hydrogen) atoms. The van der Waals surface area contributed by atoms with Crippen LogP contribution >= 0.6 is 0 Å². The molecule has 0 saturated carbocycles. The fourth-order valence-electron chi connectivity index (χ4n) is 8.08. The second-order valence-corrected chi connectivity index (χ2v) is 13.6. The summed E-state index contributed by atoms with van der Waals surface area (Å²) in [5, 5.41) is 1.18. The predicted molar refractivity (Wildman–Crippen MR) is 203 cm³/mol. The van der Waals surface area contributed by atoms with Gasteiger partial charge in [0.1, 0.15) is 17.4 Å². The van der Waals surface area contributed by atoms with Crippen molar-refractivity contribution in [3.63, 3.8) is 0 Å². The Morgan fingerprint density at radius 2 is 1.54 bits per heavy atom. The number of para-hydroxylation sites is 1. The standard InChI is InChI=1S/C45H38N4O/c1-29-25-33(26-36-42-35-15-7-8-18-41(35)50-45(42)44(49(3)43(29)36)32-13-5-4-6-14-32)30-19-21-31(22-20-30)34-27-38(37-16-9-11-23-46-37)47-39(28-34)40-17-10-12-24-48(40)2/h4-24,26-29,40,44H,25H2,1-3H3. The average Bonchev–Trinajstić information content (AvgIpc) is 3.55. The van der Waals surface area contributed by atoms with E-state index in [4.69, 9.17) is 9.40 Å². The van der Waals surface area contributed by atoms with E-state index in [0.29, 0.717) is 5.92 Å². The second kappa shape index (κ2) is 12.2. The van der Waals surface area contributed by atoms with Gasteiger partial charge in [0.25, 0.3) is 0 Å². The molecular formula is C45H38N4O. The van der Waals surface area contributed by atoms with Crippen molar-refractivity contribution in [1.29, 1.82) is 0 Å². The molecule has 3 unspecified atom stereocenters. The zero-order valence-corrected chi connectivity index (χ0v) is 28.5. The molecule has 5 heterocycles. The number of nitrogens with zero attached hydrogens (tertiary/aromatic N) is 4. The molecule has 6 aromatic rings. The van der Waals surface area contributed by atoms with Crippen molar-refractivity contribution in [2.24, 2.45) is 5.92 Å². The number of benzene rings is 3. The SMILES string of the molecule is CC1CC(c2ccc(-c3cc(-c4ccccn4)nc(C4C=CC=CN4C)c3)cc2)=CC2=C1N(C)C(c1ccccc1)c1oc3ccccc3c12. The molecule has 0 radical (unpaired) electrons. The zero-order valence-electron chi connectivity index (χ0n) is 28.5. The molecule has 1 aliphatic carbocycles. The Kier molecular flexibility index (Phi) is 7.35. The van der Waals surface area contributed by atoms with E-state index in [0.717, 1.165) is 46.0 Å². The number of allylic oxidation sites excluding steroid dienone is 6. The van der Waals surface area contributed by atoms with E-state index < -0.39 is 0 Å². The third kappa shape index (κ3) is 5.09. The fraction of sp³-hybridized carbons (Fsp3) is 0.156. The molecule has 0 saturated heterocycles. The number of hydrogen-bond acceptors (Lipinski definition) is 5. The van der Waals surface area contributed by atoms with Crippen LogP contribution < -0.4 is 0 Å². The summed E-state index contributed by atoms with van der Waals surface area (Å²) in [6.07, 6.45) is 13.6. The summed E-state index contributed by atoms with van der Waals surface area (Å²) in [6, 6.07) is 38.7. The second-order valence-electron chi connectivity index (χ2n) is 13.6. The van der Waals surface area contributed by atoms with Crippen LogP contribution in [0.25, 0.3) is 44.6 Å². The van der Waals surface area contributed by atoms with Gasteiger partial charge in [-0.25, -0.2) is 4.98 Å². The summed E-state index contributed by atoms with van der Waals surface area (Å²) in [5.41, 5.74) is 13.7. The van der Waals surface area contributed by atoms with Crippen molar-refractivity contribution in [3.8, 4) is 22.5 Å². The number of furan rings is 1. The summed E-state index contributed by atoms with van der Waals surface area (Å²) in [4.78, 5) is 14.4. The number of pyridine rings is 2. The van der Waals surface area contributed by atoms with Crippen LogP contribution in [0.15, 0.2) is 156 Å². The summed E-state index contributed by atoms with van der Waals surface area (Å²) in [7, 11) is 4.32. The minimum Gasteiger partial charge on any atom is -0.458 e. The lowest BCUT2D eigenvalue weighted by molar-refractivity contribution is 0.276. The Morgan fingerprint density at radius 3 is 2.34 bits per heavy atom. The van der Waals surface area contributed by atoms with Gasteiger partial charge >= 0.3 is 0 Å². The summed E-state index contributed by atoms with van der Waals surface area (Å²) >= 11 is 0. The van der Waals surface area contributed by atoms with Crippen molar-refractivity contribution >= 4 is 22.1 Å². The molecule has 3 aromatic heterocycles. The summed E-state index contributed by atoms with van der Waals surface area (Å²) < 4.78 is 6.69. The van der Waals surface area contributed by atoms with Gasteiger partial charge in [-0.1, -0.05) is 97.9 Å². The molecule has 0 N–H and O–H groups in total. The molecule has 2 aliphatic heterocycles. The van der Waals surface area contributed by atoms with E-state index in [1.54, 1.807) is 0 Å². The molecule has 244 valence electrons. The summed E-state index contributed by atoms with van der Waals surface area (Å²) in [5.74, 6) is 1.35. The quantitative estimate of drug-likeness (QED) is 0.186. The molecule has 3 aliphatic rings. The van der Waals surface area contributed by atoms with Crippen LogP contribution in [-0.4, -0.2) is 33.9 Å². The number of fused-ring (bicyclic) bond motifs is 4. The highest BCUT2D eigenvalue weighted by atomic mass is 16.3. The molecule has 5 nitrogen and oxygen atoms in total. The van der Waals surface area contributed by atoms with E-state index in [2.05, 4.69) is 157 Å². The minimum absolute atomic E-state index is 0.0233. The molecular weight excluding hydrogens is 613 g/mol. The molecule has 3 aromatic carbocycles. The molecule has 0 amide bonds. The highest BCUT2D eigenvalue weighted by Crippen LogP contribution is 2.52. The van der Waals surface area contributed by atoms with Gasteiger partial charge in [0.05, 0.1) is 23.1 Å². The molecule has 0 spiro atoms. The first kappa shape index (κ1) is 30.1. The maximum absolute atomic E-state index is 6.69. The lowest BCUT2D eigenvalue weighted by Crippen LogP contribution is -2.33. The van der Waals surface area contributed by atoms with Gasteiger partial charge in [0.15, 0.2) is 0 Å². The summed E-state index contributed by atoms with van der Waals surface area (Å²) in [6.45, 7) is 2.37. The van der Waals surface area contributed by atoms with Crippen molar-refractivity contribution in [2.45, 2.75) is 25.4 Å². The van der Waals surface area contributed by atoms with E-state index in [-0.39, 0.29) is 12.1 Å². The maximum atomic E-state index is 6.69. The van der Waals surface area contributed by atoms with E-state index >= 15 is 0 Å². The number of likely N-dealkylation sites (N-methyl/N-ethyl adjacent to an activating group) is 1. The molecule has 0 fully saturated rings. The van der Waals surface area contributed by atoms with Gasteiger partial charge in [-0.15, -0.1) is 0 Å². The Hall–Kier alpha value is -5.94. The predicted octanol–water partition coefficient (Wildman–Crippen LogP) is 10.5. The lowest BCUT2D eigenvalue weighted by Gasteiger charge is -2.41. The largest absolute Gasteiger partial charge is 0.458 e. The van der Waals surface area contributed by atoms with Gasteiger partial charge in [0, 0.05) is 48.4 Å². The molecule has 0 bridgehead atoms. The van der Waals surface area contributed by atoms with Gasteiger partial charge in [-0.2, -0.15) is 0 Å². The zero-order chi connectivity index (χ0) is 33.8. The Bertz CT molecular complexity index is 2350. The van der Waals surface area contributed by atoms with Gasteiger partial charge < -0.3 is 14.2 Å². The highest BCUT2D eigenvalue weighted by Gasteiger charge is 2.39. The van der Waals surface area contributed by atoms with Gasteiger partial charge in [0.2, 0.25) is 0 Å². The van der Waals surface area contributed by atoms with Crippen LogP contribution in [0.2, 0.25) is 0 Å². The number of aromatic nitrogens is 2. The Balaban J connectivity index is 1.12. The van der Waals surface area contributed by atoms with Crippen LogP contribution in [0.5, 0.6) is 0 Å². The lowest BCUT2D eigenvalue weighted by atomic mass is 9.78. The van der Waals surface area contributed by atoms with E-state index in [1.807, 2.05) is 24.4 Å². The van der Waals surface area contributed by atoms with Crippen molar-refractivity contribution in [1.82, 2.24) is 19.8 Å². The average molecular weight is 651 g/mol. The van der Waals surface area contributed by atoms with Crippen molar-refractivity contribution < 1.29 is 4.42 Å². The van der Waals surface area contributed by atoms with Crippen LogP contribution in [0, 0.1) is 5.92 Å². The van der Waals surface area contributed by atoms with Crippen LogP contribution in [0.4, 0.5) is 0 Å². The van der Waals surface area contributed by atoms with Gasteiger partial charge in [-0.3, -0.25) is 4.98 Å². The third-order valence-corrected chi connectivity index (χ3v) is 10.4. The first-order valence-corrected chi connectivity index (χ1v) is 17.4.